The molecule has 2 nitrogen and oxygen atoms in total. The maximum Gasteiger partial charge on any atom is 0.0697 e. The monoisotopic (exact) mass is 177 g/mol. The van der Waals surface area contributed by atoms with E-state index in [0.717, 1.165) is 12.8 Å². The number of rotatable bonds is 1. The van der Waals surface area contributed by atoms with Crippen LogP contribution in [0.2, 0.25) is 0 Å². The van der Waals surface area contributed by atoms with Crippen molar-refractivity contribution < 1.29 is 5.11 Å². The molecule has 0 saturated heterocycles. The van der Waals surface area contributed by atoms with Crippen molar-refractivity contribution in [3.8, 4) is 0 Å². The Morgan fingerprint density at radius 3 is 2.38 bits per heavy atom. The van der Waals surface area contributed by atoms with Crippen LogP contribution in [0.25, 0.3) is 0 Å². The van der Waals surface area contributed by atoms with Crippen LogP contribution in [0.1, 0.15) is 24.3 Å². The predicted molar refractivity (Wildman–Crippen MR) is 52.4 cm³/mol. The molecule has 0 amide bonds. The number of hydrogen-bond acceptors (Lipinski definition) is 2. The van der Waals surface area contributed by atoms with Crippen molar-refractivity contribution in [1.29, 1.82) is 0 Å². The molecule has 13 heavy (non-hydrogen) atoms. The van der Waals surface area contributed by atoms with Crippen LogP contribution in [0, 0.1) is 0 Å². The van der Waals surface area contributed by atoms with Crippen LogP contribution in [-0.4, -0.2) is 17.3 Å². The fourth-order valence-corrected chi connectivity index (χ4v) is 2.05. The van der Waals surface area contributed by atoms with Gasteiger partial charge in [0.25, 0.3) is 0 Å². The number of nitrogens with two attached hydrogens (primary N) is 1. The highest BCUT2D eigenvalue weighted by Gasteiger charge is 2.30. The second-order valence-electron chi connectivity index (χ2n) is 3.81. The van der Waals surface area contributed by atoms with E-state index in [1.165, 1.54) is 5.56 Å². The van der Waals surface area contributed by atoms with E-state index in [-0.39, 0.29) is 12.1 Å². The third-order valence-electron chi connectivity index (χ3n) is 2.85. The molecule has 2 heteroatoms. The highest BCUT2D eigenvalue weighted by molar-refractivity contribution is 5.21. The summed E-state index contributed by atoms with van der Waals surface area (Å²) in [5.74, 6) is 0.450. The van der Waals surface area contributed by atoms with Gasteiger partial charge in [0.15, 0.2) is 0 Å². The highest BCUT2D eigenvalue weighted by atomic mass is 16.3. The lowest BCUT2D eigenvalue weighted by Gasteiger charge is -2.08. The Kier molecular flexibility index (Phi) is 2.34. The fourth-order valence-electron chi connectivity index (χ4n) is 2.05. The summed E-state index contributed by atoms with van der Waals surface area (Å²) in [4.78, 5) is 0. The number of aliphatic hydroxyl groups excluding tert-OH is 1. The average molecular weight is 177 g/mol. The summed E-state index contributed by atoms with van der Waals surface area (Å²) in [6.07, 6.45) is 1.40. The fraction of sp³-hybridized carbons (Fsp3) is 0.455. The maximum absolute atomic E-state index is 9.50. The molecule has 1 saturated carbocycles. The minimum absolute atomic E-state index is 0.0368. The van der Waals surface area contributed by atoms with Gasteiger partial charge < -0.3 is 10.8 Å². The normalized spacial score (nSPS) is 33.5. The zero-order chi connectivity index (χ0) is 9.26. The molecule has 3 N–H and O–H groups in total. The molecule has 1 fully saturated rings. The smallest absolute Gasteiger partial charge is 0.0697 e. The Bertz CT molecular complexity index is 263. The van der Waals surface area contributed by atoms with E-state index in [1.807, 2.05) is 18.2 Å². The second kappa shape index (κ2) is 3.48. The molecule has 1 aromatic rings. The number of benzene rings is 1. The lowest BCUT2D eigenvalue weighted by molar-refractivity contribution is 0.164. The molecule has 0 aromatic heterocycles. The maximum atomic E-state index is 9.50. The minimum atomic E-state index is -0.315. The molecule has 1 aliphatic rings. The van der Waals surface area contributed by atoms with Gasteiger partial charge in [0.1, 0.15) is 0 Å². The summed E-state index contributed by atoms with van der Waals surface area (Å²) in [7, 11) is 0. The van der Waals surface area contributed by atoms with Gasteiger partial charge in [0.05, 0.1) is 6.10 Å². The van der Waals surface area contributed by atoms with E-state index in [2.05, 4.69) is 12.1 Å². The highest BCUT2D eigenvalue weighted by Crippen LogP contribution is 2.33. The van der Waals surface area contributed by atoms with Crippen molar-refractivity contribution in [3.05, 3.63) is 35.9 Å². The van der Waals surface area contributed by atoms with Gasteiger partial charge in [0, 0.05) is 6.04 Å². The number of hydrogen-bond donors (Lipinski definition) is 2. The molecule has 3 unspecified atom stereocenters. The van der Waals surface area contributed by atoms with Gasteiger partial charge in [-0.25, -0.2) is 0 Å². The molecule has 0 heterocycles. The standard InChI is InChI=1S/C11H15NO/c12-10-6-9(7-11(10)13)8-4-2-1-3-5-8/h1-5,9-11,13H,6-7,12H2. The molecule has 2 rings (SSSR count). The van der Waals surface area contributed by atoms with Gasteiger partial charge in [0.2, 0.25) is 0 Å². The molecule has 3 atom stereocenters. The largest absolute Gasteiger partial charge is 0.391 e. The third kappa shape index (κ3) is 1.74. The Hall–Kier alpha value is -0.860. The summed E-state index contributed by atoms with van der Waals surface area (Å²) < 4.78 is 0. The molecule has 0 radical (unpaired) electrons. The van der Waals surface area contributed by atoms with Gasteiger partial charge in [-0.3, -0.25) is 0 Å². The molecule has 1 aromatic carbocycles. The lowest BCUT2D eigenvalue weighted by Crippen LogP contribution is -2.28. The zero-order valence-electron chi connectivity index (χ0n) is 7.56. The van der Waals surface area contributed by atoms with Crippen LogP contribution in [0.4, 0.5) is 0 Å². The molecule has 0 bridgehead atoms. The summed E-state index contributed by atoms with van der Waals surface area (Å²) >= 11 is 0. The van der Waals surface area contributed by atoms with E-state index < -0.39 is 0 Å². The van der Waals surface area contributed by atoms with Crippen LogP contribution < -0.4 is 5.73 Å². The molecule has 1 aliphatic carbocycles. The molecular formula is C11H15NO. The average Bonchev–Trinajstić information content (AvgIpc) is 2.49. The van der Waals surface area contributed by atoms with Crippen molar-refractivity contribution in [2.45, 2.75) is 30.9 Å². The molecule has 0 spiro atoms. The lowest BCUT2D eigenvalue weighted by atomic mass is 9.98. The van der Waals surface area contributed by atoms with Gasteiger partial charge in [-0.1, -0.05) is 30.3 Å². The summed E-state index contributed by atoms with van der Waals surface area (Å²) in [6, 6.07) is 10.3. The summed E-state index contributed by atoms with van der Waals surface area (Å²) in [5.41, 5.74) is 7.06. The zero-order valence-corrected chi connectivity index (χ0v) is 7.56. The first-order valence-corrected chi connectivity index (χ1v) is 4.76. The Balaban J connectivity index is 2.12. The molecule has 0 aliphatic heterocycles. The van der Waals surface area contributed by atoms with Crippen LogP contribution >= 0.6 is 0 Å². The molecular weight excluding hydrogens is 162 g/mol. The predicted octanol–water partition coefficient (Wildman–Crippen LogP) is 1.25. The first-order chi connectivity index (χ1) is 6.27. The van der Waals surface area contributed by atoms with Crippen molar-refractivity contribution >= 4 is 0 Å². The first kappa shape index (κ1) is 8.73. The first-order valence-electron chi connectivity index (χ1n) is 4.76. The van der Waals surface area contributed by atoms with Gasteiger partial charge in [-0.05, 0) is 24.3 Å². The van der Waals surface area contributed by atoms with Crippen LogP contribution in [-0.2, 0) is 0 Å². The van der Waals surface area contributed by atoms with E-state index in [4.69, 9.17) is 5.73 Å². The van der Waals surface area contributed by atoms with Gasteiger partial charge in [-0.15, -0.1) is 0 Å². The minimum Gasteiger partial charge on any atom is -0.391 e. The summed E-state index contributed by atoms with van der Waals surface area (Å²) in [5, 5.41) is 9.50. The topological polar surface area (TPSA) is 46.2 Å². The Morgan fingerprint density at radius 2 is 1.85 bits per heavy atom. The Labute approximate surface area is 78.4 Å². The van der Waals surface area contributed by atoms with Crippen molar-refractivity contribution in [1.82, 2.24) is 0 Å². The van der Waals surface area contributed by atoms with Crippen molar-refractivity contribution in [2.24, 2.45) is 5.73 Å². The van der Waals surface area contributed by atoms with Crippen LogP contribution in [0.15, 0.2) is 30.3 Å². The number of aliphatic hydroxyl groups is 1. The van der Waals surface area contributed by atoms with E-state index in [1.54, 1.807) is 0 Å². The second-order valence-corrected chi connectivity index (χ2v) is 3.81. The molecule has 70 valence electrons. The quantitative estimate of drug-likeness (QED) is 0.678. The van der Waals surface area contributed by atoms with Crippen LogP contribution in [0.3, 0.4) is 0 Å². The van der Waals surface area contributed by atoms with E-state index >= 15 is 0 Å². The summed E-state index contributed by atoms with van der Waals surface area (Å²) in [6.45, 7) is 0. The SMILES string of the molecule is NC1CC(c2ccccc2)CC1O. The van der Waals surface area contributed by atoms with Crippen LogP contribution in [0.5, 0.6) is 0 Å². The third-order valence-corrected chi connectivity index (χ3v) is 2.85. The van der Waals surface area contributed by atoms with E-state index in [0.29, 0.717) is 5.92 Å². The van der Waals surface area contributed by atoms with Gasteiger partial charge in [-0.2, -0.15) is 0 Å². The van der Waals surface area contributed by atoms with E-state index in [9.17, 15) is 5.11 Å². The van der Waals surface area contributed by atoms with Crippen molar-refractivity contribution in [2.75, 3.05) is 0 Å². The Morgan fingerprint density at radius 1 is 1.15 bits per heavy atom. The van der Waals surface area contributed by atoms with Crippen molar-refractivity contribution in [3.63, 3.8) is 0 Å². The van der Waals surface area contributed by atoms with Gasteiger partial charge >= 0.3 is 0 Å².